The molecule has 4 bridgehead atoms. The van der Waals surface area contributed by atoms with Crippen molar-refractivity contribution in [3.63, 3.8) is 0 Å². The minimum Gasteiger partial charge on any atom is -0.342 e. The summed E-state index contributed by atoms with van der Waals surface area (Å²) in [6, 6.07) is 2.04. The molecule has 5 heteroatoms. The van der Waals surface area contributed by atoms with Gasteiger partial charge in [0.1, 0.15) is 0 Å². The fourth-order valence-corrected chi connectivity index (χ4v) is 8.70. The molecule has 1 aromatic heterocycles. The van der Waals surface area contributed by atoms with Crippen LogP contribution in [0.2, 0.25) is 0 Å². The van der Waals surface area contributed by atoms with Crippen LogP contribution in [-0.4, -0.2) is 47.8 Å². The summed E-state index contributed by atoms with van der Waals surface area (Å²) in [7, 11) is 0. The second kappa shape index (κ2) is 7.47. The van der Waals surface area contributed by atoms with E-state index < -0.39 is 0 Å². The molecule has 3 heterocycles. The monoisotopic (exact) mass is 438 g/mol. The minimum absolute atomic E-state index is 0.0105. The van der Waals surface area contributed by atoms with Gasteiger partial charge in [0.05, 0.1) is 5.41 Å². The number of hydrogen-bond acceptors (Lipinski definition) is 3. The summed E-state index contributed by atoms with van der Waals surface area (Å²) in [6.45, 7) is 3.52. The Balaban J connectivity index is 1.07. The van der Waals surface area contributed by atoms with Crippen LogP contribution in [0.4, 0.5) is 0 Å². The van der Waals surface area contributed by atoms with Gasteiger partial charge in [-0.1, -0.05) is 0 Å². The normalized spacial score (nSPS) is 36.1. The zero-order valence-electron chi connectivity index (χ0n) is 18.4. The Hall–Kier alpha value is -1.62. The predicted octanol–water partition coefficient (Wildman–Crippen LogP) is 4.82. The van der Waals surface area contributed by atoms with Crippen LogP contribution in [0, 0.1) is 28.6 Å². The highest BCUT2D eigenvalue weighted by Gasteiger charge is 2.57. The maximum atomic E-state index is 13.7. The highest BCUT2D eigenvalue weighted by Crippen LogP contribution is 2.61. The van der Waals surface area contributed by atoms with Crippen LogP contribution in [0.3, 0.4) is 0 Å². The lowest BCUT2D eigenvalue weighted by Gasteiger charge is -2.56. The molecule has 4 nitrogen and oxygen atoms in total. The first-order valence-electron chi connectivity index (χ1n) is 12.3. The van der Waals surface area contributed by atoms with Crippen molar-refractivity contribution in [1.29, 1.82) is 0 Å². The van der Waals surface area contributed by atoms with Crippen molar-refractivity contribution in [1.82, 2.24) is 9.80 Å². The molecule has 31 heavy (non-hydrogen) atoms. The first-order valence-corrected chi connectivity index (χ1v) is 13.3. The SMILES string of the molecule is O=C(C=Cc1ccsc1)N1CCC2(CC1)CCN(C(=O)C13CC4CC(CC(C4)C1)C3)C2. The van der Waals surface area contributed by atoms with Crippen LogP contribution in [0.25, 0.3) is 6.08 Å². The number of thiophene rings is 1. The topological polar surface area (TPSA) is 40.6 Å². The quantitative estimate of drug-likeness (QED) is 0.635. The van der Waals surface area contributed by atoms with Gasteiger partial charge < -0.3 is 9.80 Å². The largest absolute Gasteiger partial charge is 0.342 e. The zero-order valence-corrected chi connectivity index (χ0v) is 19.2. The highest BCUT2D eigenvalue weighted by molar-refractivity contribution is 7.08. The van der Waals surface area contributed by atoms with Gasteiger partial charge in [0.2, 0.25) is 11.8 Å². The molecule has 1 aromatic rings. The predicted molar refractivity (Wildman–Crippen MR) is 123 cm³/mol. The van der Waals surface area contributed by atoms with E-state index in [4.69, 9.17) is 0 Å². The molecule has 0 atom stereocenters. The van der Waals surface area contributed by atoms with Crippen LogP contribution in [-0.2, 0) is 9.59 Å². The van der Waals surface area contributed by atoms with Gasteiger partial charge in [0, 0.05) is 32.3 Å². The van der Waals surface area contributed by atoms with E-state index >= 15 is 0 Å². The molecule has 6 fully saturated rings. The number of likely N-dealkylation sites (tertiary alicyclic amines) is 2. The van der Waals surface area contributed by atoms with E-state index in [-0.39, 0.29) is 16.7 Å². The first-order chi connectivity index (χ1) is 15.0. The summed E-state index contributed by atoms with van der Waals surface area (Å²) in [4.78, 5) is 30.6. The molecule has 7 rings (SSSR count). The molecule has 6 aliphatic rings. The third-order valence-electron chi connectivity index (χ3n) is 9.31. The number of amides is 2. The van der Waals surface area contributed by atoms with Gasteiger partial charge in [-0.25, -0.2) is 0 Å². The first kappa shape index (κ1) is 20.0. The smallest absolute Gasteiger partial charge is 0.246 e. The standard InChI is InChI=1S/C26H34N2O2S/c29-23(2-1-19-3-10-31-17-19)27-7-4-25(5-8-27)6-9-28(18-25)24(30)26-14-20-11-21(15-26)13-22(12-20)16-26/h1-3,10,17,20-22H,4-9,11-16,18H2. The summed E-state index contributed by atoms with van der Waals surface area (Å²) in [5, 5.41) is 4.09. The Morgan fingerprint density at radius 3 is 2.13 bits per heavy atom. The molecule has 0 N–H and O–H groups in total. The lowest BCUT2D eigenvalue weighted by atomic mass is 9.49. The number of rotatable bonds is 3. The maximum absolute atomic E-state index is 13.7. The van der Waals surface area contributed by atoms with E-state index in [2.05, 4.69) is 10.3 Å². The summed E-state index contributed by atoms with van der Waals surface area (Å²) in [5.74, 6) is 3.09. The van der Waals surface area contributed by atoms with Crippen LogP contribution in [0.15, 0.2) is 22.9 Å². The summed E-state index contributed by atoms with van der Waals surface area (Å²) < 4.78 is 0. The van der Waals surface area contributed by atoms with Crippen LogP contribution in [0.1, 0.15) is 63.4 Å². The van der Waals surface area contributed by atoms with Crippen molar-refractivity contribution < 1.29 is 9.59 Å². The van der Waals surface area contributed by atoms with E-state index in [0.717, 1.165) is 68.8 Å². The van der Waals surface area contributed by atoms with Crippen LogP contribution >= 0.6 is 11.3 Å². The van der Waals surface area contributed by atoms with Gasteiger partial charge in [0.25, 0.3) is 0 Å². The number of piperidine rings is 1. The van der Waals surface area contributed by atoms with Crippen LogP contribution < -0.4 is 0 Å². The summed E-state index contributed by atoms with van der Waals surface area (Å²) in [6.07, 6.45) is 14.5. The Labute approximate surface area is 189 Å². The molecular formula is C26H34N2O2S. The second-order valence-electron chi connectivity index (χ2n) is 11.4. The van der Waals surface area contributed by atoms with Gasteiger partial charge in [-0.2, -0.15) is 11.3 Å². The number of nitrogens with zero attached hydrogens (tertiary/aromatic N) is 2. The maximum Gasteiger partial charge on any atom is 0.246 e. The molecule has 166 valence electrons. The average molecular weight is 439 g/mol. The Morgan fingerprint density at radius 1 is 0.935 bits per heavy atom. The van der Waals surface area contributed by atoms with Gasteiger partial charge >= 0.3 is 0 Å². The molecule has 2 saturated heterocycles. The van der Waals surface area contributed by atoms with E-state index in [0.29, 0.717) is 5.91 Å². The van der Waals surface area contributed by atoms with Crippen molar-refractivity contribution in [2.24, 2.45) is 28.6 Å². The third kappa shape index (κ3) is 3.57. The van der Waals surface area contributed by atoms with Crippen molar-refractivity contribution in [3.05, 3.63) is 28.5 Å². The molecule has 4 aliphatic carbocycles. The average Bonchev–Trinajstić information content (AvgIpc) is 3.42. The zero-order chi connectivity index (χ0) is 21.1. The third-order valence-corrected chi connectivity index (χ3v) is 10.0. The minimum atomic E-state index is -0.0105. The van der Waals surface area contributed by atoms with Gasteiger partial charge in [-0.15, -0.1) is 0 Å². The molecule has 1 spiro atoms. The van der Waals surface area contributed by atoms with Gasteiger partial charge in [-0.05, 0) is 109 Å². The molecular weight excluding hydrogens is 404 g/mol. The number of carbonyl (C=O) groups is 2. The van der Waals surface area contributed by atoms with Crippen molar-refractivity contribution in [2.45, 2.75) is 57.8 Å². The summed E-state index contributed by atoms with van der Waals surface area (Å²) in [5.41, 5.74) is 1.33. The molecule has 2 amide bonds. The molecule has 0 aromatic carbocycles. The van der Waals surface area contributed by atoms with E-state index in [1.807, 2.05) is 22.4 Å². The lowest BCUT2D eigenvalue weighted by Crippen LogP contribution is -2.54. The second-order valence-corrected chi connectivity index (χ2v) is 12.2. The molecule has 4 saturated carbocycles. The highest BCUT2D eigenvalue weighted by atomic mass is 32.1. The van der Waals surface area contributed by atoms with Gasteiger partial charge in [-0.3, -0.25) is 9.59 Å². The summed E-state index contributed by atoms with van der Waals surface area (Å²) >= 11 is 1.65. The van der Waals surface area contributed by atoms with E-state index in [1.165, 1.54) is 38.5 Å². The van der Waals surface area contributed by atoms with Crippen molar-refractivity contribution >= 4 is 29.2 Å². The Kier molecular flexibility index (Phi) is 4.82. The fraction of sp³-hybridized carbons (Fsp3) is 0.692. The van der Waals surface area contributed by atoms with Crippen molar-refractivity contribution in [2.75, 3.05) is 26.2 Å². The number of hydrogen-bond donors (Lipinski definition) is 0. The molecule has 2 aliphatic heterocycles. The van der Waals surface area contributed by atoms with Crippen molar-refractivity contribution in [3.8, 4) is 0 Å². The fourth-order valence-electron chi connectivity index (χ4n) is 8.07. The Bertz CT molecular complexity index is 846. The van der Waals surface area contributed by atoms with Gasteiger partial charge in [0.15, 0.2) is 0 Å². The van der Waals surface area contributed by atoms with E-state index in [9.17, 15) is 9.59 Å². The van der Waals surface area contributed by atoms with E-state index in [1.54, 1.807) is 17.4 Å². The van der Waals surface area contributed by atoms with Crippen LogP contribution in [0.5, 0.6) is 0 Å². The Morgan fingerprint density at radius 2 is 1.55 bits per heavy atom. The lowest BCUT2D eigenvalue weighted by molar-refractivity contribution is -0.157. The molecule has 0 unspecified atom stereocenters. The molecule has 0 radical (unpaired) electrons. The number of carbonyl (C=O) groups excluding carboxylic acids is 2.